The first-order valence-electron chi connectivity index (χ1n) is 24.5. The van der Waals surface area contributed by atoms with Crippen molar-refractivity contribution >= 4 is 5.97 Å². The molecule has 0 unspecified atom stereocenters. The maximum atomic E-state index is 12.4. The van der Waals surface area contributed by atoms with Crippen molar-refractivity contribution in [3.05, 3.63) is 0 Å². The van der Waals surface area contributed by atoms with Crippen molar-refractivity contribution in [1.29, 1.82) is 0 Å². The van der Waals surface area contributed by atoms with E-state index < -0.39 is 121 Å². The smallest absolute Gasteiger partial charge is 0.303 e. The van der Waals surface area contributed by atoms with Gasteiger partial charge in [0.2, 0.25) is 0 Å². The summed E-state index contributed by atoms with van der Waals surface area (Å²) >= 11 is 0. The van der Waals surface area contributed by atoms with Gasteiger partial charge in [-0.25, -0.2) is 0 Å². The van der Waals surface area contributed by atoms with Gasteiger partial charge in [0, 0.05) is 12.8 Å². The zero-order chi connectivity index (χ0) is 48.1. The van der Waals surface area contributed by atoms with Crippen LogP contribution in [0.5, 0.6) is 0 Å². The fraction of sp³-hybridized carbons (Fsp3) is 0.979. The fourth-order valence-corrected chi connectivity index (χ4v) is 16.3. The van der Waals surface area contributed by atoms with Gasteiger partial charge in [-0.15, -0.1) is 0 Å². The van der Waals surface area contributed by atoms with Crippen molar-refractivity contribution in [2.75, 3.05) is 13.2 Å². The number of esters is 1. The summed E-state index contributed by atoms with van der Waals surface area (Å²) < 4.78 is 50.5. The summed E-state index contributed by atoms with van der Waals surface area (Å²) in [6.07, 6.45) is -13.6. The van der Waals surface area contributed by atoms with Crippen molar-refractivity contribution in [3.8, 4) is 0 Å². The third-order valence-corrected chi connectivity index (χ3v) is 19.6. The van der Waals surface area contributed by atoms with Gasteiger partial charge in [-0.3, -0.25) is 4.79 Å². The van der Waals surface area contributed by atoms with Crippen LogP contribution < -0.4 is 0 Å². The molecule has 0 amide bonds. The molecule has 4 aliphatic heterocycles. The summed E-state index contributed by atoms with van der Waals surface area (Å²) in [4.78, 5) is 12.4. The molecule has 9 N–H and O–H groups in total. The minimum absolute atomic E-state index is 0.0767. The highest BCUT2D eigenvalue weighted by Gasteiger charge is 2.85. The van der Waals surface area contributed by atoms with Gasteiger partial charge >= 0.3 is 5.97 Å². The van der Waals surface area contributed by atoms with Crippen molar-refractivity contribution in [2.45, 2.75) is 236 Å². The first kappa shape index (κ1) is 49.8. The van der Waals surface area contributed by atoms with Crippen molar-refractivity contribution in [1.82, 2.24) is 0 Å². The summed E-state index contributed by atoms with van der Waals surface area (Å²) in [6, 6.07) is 0. The molecule has 66 heavy (non-hydrogen) atoms. The largest absolute Gasteiger partial charge is 0.457 e. The van der Waals surface area contributed by atoms with Crippen LogP contribution in [0.1, 0.15) is 120 Å². The Hall–Kier alpha value is -1.17. The summed E-state index contributed by atoms with van der Waals surface area (Å²) in [5.74, 6) is -1.03. The Balaban J connectivity index is 1.04. The first-order chi connectivity index (χ1) is 30.7. The van der Waals surface area contributed by atoms with Crippen LogP contribution in [0.15, 0.2) is 0 Å². The zero-order valence-electron chi connectivity index (χ0n) is 40.0. The predicted molar refractivity (Wildman–Crippen MR) is 229 cm³/mol. The Bertz CT molecular complexity index is 1810. The molecule has 5 saturated carbocycles. The fourth-order valence-electron chi connectivity index (χ4n) is 16.3. The second kappa shape index (κ2) is 16.7. The summed E-state index contributed by atoms with van der Waals surface area (Å²) in [7, 11) is 0. The number of rotatable bonds is 9. The second-order valence-electron chi connectivity index (χ2n) is 24.0. The number of aliphatic hydroxyl groups is 9. The van der Waals surface area contributed by atoms with Crippen molar-refractivity contribution < 1.29 is 88.6 Å². The number of aliphatic hydroxyl groups excluding tert-OH is 8. The molecule has 0 aromatic heterocycles. The Morgan fingerprint density at radius 2 is 1.33 bits per heavy atom. The average molecular weight is 943 g/mol. The van der Waals surface area contributed by atoms with E-state index in [-0.39, 0.29) is 58.7 Å². The topological polar surface area (TPSA) is 273 Å². The highest BCUT2D eigenvalue weighted by Crippen LogP contribution is 2.89. The molecule has 0 bridgehead atoms. The lowest BCUT2D eigenvalue weighted by atomic mass is 9.41. The Kier molecular flexibility index (Phi) is 12.6. The first-order valence-corrected chi connectivity index (χ1v) is 24.5. The maximum absolute atomic E-state index is 12.4. The van der Waals surface area contributed by atoms with E-state index in [9.17, 15) is 50.8 Å². The molecule has 5 aliphatic carbocycles. The predicted octanol–water partition coefficient (Wildman–Crippen LogP) is 0.786. The lowest BCUT2D eigenvalue weighted by molar-refractivity contribution is -0.366. The molecule has 2 spiro atoms. The van der Waals surface area contributed by atoms with Crippen LogP contribution in [0.3, 0.4) is 0 Å². The molecular weight excluding hydrogens is 865 g/mol. The maximum Gasteiger partial charge on any atom is 0.303 e. The Morgan fingerprint density at radius 1 is 0.667 bits per heavy atom. The molecule has 378 valence electrons. The third kappa shape index (κ3) is 7.43. The molecule has 18 nitrogen and oxygen atoms in total. The minimum Gasteiger partial charge on any atom is -0.457 e. The van der Waals surface area contributed by atoms with E-state index in [4.69, 9.17) is 37.9 Å². The summed E-state index contributed by atoms with van der Waals surface area (Å²) in [5.41, 5.74) is -3.49. The zero-order valence-corrected chi connectivity index (χ0v) is 40.0. The van der Waals surface area contributed by atoms with E-state index in [1.54, 1.807) is 13.8 Å². The van der Waals surface area contributed by atoms with E-state index >= 15 is 0 Å². The molecule has 9 fully saturated rings. The molecule has 0 radical (unpaired) electrons. The molecule has 0 aromatic rings. The van der Waals surface area contributed by atoms with Crippen LogP contribution in [-0.4, -0.2) is 181 Å². The quantitative estimate of drug-likeness (QED) is 0.114. The van der Waals surface area contributed by atoms with E-state index in [0.29, 0.717) is 25.7 Å². The molecule has 9 rings (SSSR count). The SMILES string of the molecule is CC(=O)O[C@@H]1[C@H](O[C@@H]2O[C@H](C)[C@H](O)[C@H](O)[C@@H]2O)[C@H](O[C@H]2CC[C@]34C[C@]35CC[C@]3(C)[C@H]([C@]6(C)CC[C@@H](C(C)(C)O)O6)[C@H](O)C[C@@]3(C)[C@@H]5C[C@H](O[C@@H]3OC[C@@H](O)[C@H](O)[C@H]3O)[C@H]4C2(C)C)OC[C@H]1O. The van der Waals surface area contributed by atoms with Crippen molar-refractivity contribution in [2.24, 2.45) is 44.8 Å². The van der Waals surface area contributed by atoms with Crippen LogP contribution >= 0.6 is 0 Å². The van der Waals surface area contributed by atoms with Crippen LogP contribution in [-0.2, 0) is 42.7 Å². The van der Waals surface area contributed by atoms with Gasteiger partial charge in [0.05, 0.1) is 54.9 Å². The number of hydrogen-bond donors (Lipinski definition) is 9. The molecule has 9 aliphatic rings. The van der Waals surface area contributed by atoms with Crippen LogP contribution in [0.2, 0.25) is 0 Å². The minimum atomic E-state index is -1.70. The van der Waals surface area contributed by atoms with Gasteiger partial charge in [0.1, 0.15) is 42.7 Å². The monoisotopic (exact) mass is 943 g/mol. The number of carbonyl (C=O) groups is 1. The molecular formula is C48H78O18. The Morgan fingerprint density at radius 3 is 2.00 bits per heavy atom. The molecule has 0 aromatic carbocycles. The van der Waals surface area contributed by atoms with Gasteiger partial charge in [-0.2, -0.15) is 0 Å². The van der Waals surface area contributed by atoms with Crippen LogP contribution in [0.4, 0.5) is 0 Å². The van der Waals surface area contributed by atoms with E-state index in [0.717, 1.165) is 32.1 Å². The summed E-state index contributed by atoms with van der Waals surface area (Å²) in [5, 5.41) is 99.0. The normalized spacial score (nSPS) is 56.7. The van der Waals surface area contributed by atoms with E-state index in [2.05, 4.69) is 34.6 Å². The van der Waals surface area contributed by atoms with Gasteiger partial charge in [0.15, 0.2) is 31.1 Å². The molecule has 4 heterocycles. The lowest BCUT2D eigenvalue weighted by Crippen LogP contribution is -2.65. The lowest BCUT2D eigenvalue weighted by Gasteiger charge is -2.65. The number of ether oxygens (including phenoxy) is 8. The van der Waals surface area contributed by atoms with Gasteiger partial charge in [-0.05, 0) is 124 Å². The van der Waals surface area contributed by atoms with Crippen LogP contribution in [0, 0.1) is 44.8 Å². The highest BCUT2D eigenvalue weighted by molar-refractivity contribution is 5.66. The molecule has 25 atom stereocenters. The Labute approximate surface area is 387 Å². The number of carbonyl (C=O) groups excluding carboxylic acids is 1. The number of fused-ring (bicyclic) bond motifs is 2. The third-order valence-electron chi connectivity index (χ3n) is 19.6. The highest BCUT2D eigenvalue weighted by atomic mass is 16.8. The number of hydrogen-bond acceptors (Lipinski definition) is 18. The second-order valence-corrected chi connectivity index (χ2v) is 24.0. The van der Waals surface area contributed by atoms with Crippen LogP contribution in [0.25, 0.3) is 0 Å². The molecule has 4 saturated heterocycles. The standard InChI is InChI=1S/C48H78O18/c1-21-30(53)32(55)34(57)40(61-21)65-36-35(62-22(2)49)25(52)19-60-41(36)64-28-11-13-48-20-47(48)15-14-44(7)37(46(9)12-10-29(66-46)43(5,6)58)23(50)17-45(44,8)27(47)16-26(38(48)42(28,3)4)63-39-33(56)31(54)24(51)18-59-39/h21,23-41,50-58H,10-20H2,1-9H3/t21-,23-,24-,25-,26+,27+,28+,29+,30+,31+,32+,33-,34+,35+,36+,37-,38+,39+,40+,41+,44-,45+,46+,47+,48-/m1/s1. The van der Waals surface area contributed by atoms with Gasteiger partial charge < -0.3 is 83.9 Å². The van der Waals surface area contributed by atoms with Gasteiger partial charge in [0.25, 0.3) is 0 Å². The van der Waals surface area contributed by atoms with Gasteiger partial charge in [-0.1, -0.05) is 27.7 Å². The molecule has 18 heteroatoms. The average Bonchev–Trinajstić information content (AvgIpc) is 3.59. The van der Waals surface area contributed by atoms with E-state index in [1.807, 2.05) is 0 Å². The summed E-state index contributed by atoms with van der Waals surface area (Å²) in [6.45, 7) is 16.8. The van der Waals surface area contributed by atoms with Crippen molar-refractivity contribution in [3.63, 3.8) is 0 Å². The van der Waals surface area contributed by atoms with E-state index in [1.165, 1.54) is 13.8 Å².